The maximum absolute atomic E-state index is 12.3. The van der Waals surface area contributed by atoms with Crippen molar-refractivity contribution in [2.75, 3.05) is 24.2 Å². The molecule has 1 saturated heterocycles. The number of carboxylic acid groups (broad SMARTS) is 1. The smallest absolute Gasteiger partial charge is 0.336 e. The van der Waals surface area contributed by atoms with Gasteiger partial charge in [0.05, 0.1) is 31.0 Å². The third-order valence-corrected chi connectivity index (χ3v) is 7.48. The Hall–Kier alpha value is -3.90. The van der Waals surface area contributed by atoms with E-state index in [0.29, 0.717) is 28.3 Å². The summed E-state index contributed by atoms with van der Waals surface area (Å²) in [4.78, 5) is 36.1. The van der Waals surface area contributed by atoms with Crippen molar-refractivity contribution in [2.24, 2.45) is 0 Å². The molecule has 216 valence electrons. The number of aliphatic hydroxyl groups excluding tert-OH is 1. The van der Waals surface area contributed by atoms with Gasteiger partial charge in [0.25, 0.3) is 0 Å². The predicted octanol–water partition coefficient (Wildman–Crippen LogP) is 4.90. The van der Waals surface area contributed by atoms with Gasteiger partial charge in [-0.1, -0.05) is 48.5 Å². The molecule has 11 heteroatoms. The number of anilines is 1. The molecule has 1 aliphatic heterocycles. The monoisotopic (exact) mass is 580 g/mol. The number of nitrogens with one attached hydrogen (secondary N) is 2. The minimum absolute atomic E-state index is 0.0626. The van der Waals surface area contributed by atoms with Crippen molar-refractivity contribution in [1.29, 1.82) is 0 Å². The van der Waals surface area contributed by atoms with E-state index in [0.717, 1.165) is 11.1 Å². The van der Waals surface area contributed by atoms with E-state index >= 15 is 0 Å². The molecule has 2 amide bonds. The number of ether oxygens (including phenoxy) is 3. The van der Waals surface area contributed by atoms with Crippen molar-refractivity contribution in [1.82, 2.24) is 5.32 Å². The first-order valence-electron chi connectivity index (χ1n) is 13.1. The fraction of sp³-hybridized carbons (Fsp3) is 0.300. The van der Waals surface area contributed by atoms with E-state index in [1.807, 2.05) is 30.3 Å². The van der Waals surface area contributed by atoms with Crippen LogP contribution < -0.4 is 10.6 Å². The largest absolute Gasteiger partial charge is 0.478 e. The number of urea groups is 1. The molecule has 1 fully saturated rings. The Labute approximate surface area is 242 Å². The Balaban J connectivity index is 1.50. The van der Waals surface area contributed by atoms with Crippen molar-refractivity contribution in [3.05, 3.63) is 95.1 Å². The number of hydrogen-bond acceptors (Lipinski definition) is 8. The molecule has 0 radical (unpaired) electrons. The van der Waals surface area contributed by atoms with Gasteiger partial charge in [0.2, 0.25) is 0 Å². The number of aliphatic hydroxyl groups is 1. The maximum atomic E-state index is 12.3. The number of aromatic carboxylic acids is 1. The highest BCUT2D eigenvalue weighted by molar-refractivity contribution is 7.99. The van der Waals surface area contributed by atoms with Crippen molar-refractivity contribution in [3.8, 4) is 0 Å². The Kier molecular flexibility index (Phi) is 10.7. The zero-order chi connectivity index (χ0) is 29.2. The van der Waals surface area contributed by atoms with Gasteiger partial charge in [0.15, 0.2) is 6.29 Å². The lowest BCUT2D eigenvalue weighted by Crippen LogP contribution is -2.34. The first kappa shape index (κ1) is 30.1. The van der Waals surface area contributed by atoms with Gasteiger partial charge in [-0.25, -0.2) is 9.59 Å². The van der Waals surface area contributed by atoms with Crippen LogP contribution in [0.3, 0.4) is 0 Å². The number of carbonyl (C=O) groups is 3. The van der Waals surface area contributed by atoms with Crippen molar-refractivity contribution in [2.45, 2.75) is 43.3 Å². The van der Waals surface area contributed by atoms with Crippen LogP contribution in [0.1, 0.15) is 52.8 Å². The number of amides is 2. The van der Waals surface area contributed by atoms with Crippen LogP contribution in [0, 0.1) is 0 Å². The molecule has 3 unspecified atom stereocenters. The fourth-order valence-corrected chi connectivity index (χ4v) is 5.34. The highest BCUT2D eigenvalue weighted by Gasteiger charge is 2.32. The van der Waals surface area contributed by atoms with Crippen LogP contribution in [0.4, 0.5) is 10.5 Å². The molecule has 0 spiro atoms. The molecule has 0 aliphatic carbocycles. The quantitative estimate of drug-likeness (QED) is 0.184. The molecule has 0 bridgehead atoms. The predicted molar refractivity (Wildman–Crippen MR) is 153 cm³/mol. The topological polar surface area (TPSA) is 143 Å². The van der Waals surface area contributed by atoms with E-state index < -0.39 is 24.3 Å². The first-order chi connectivity index (χ1) is 19.9. The van der Waals surface area contributed by atoms with Gasteiger partial charge >= 0.3 is 18.0 Å². The number of benzene rings is 3. The maximum Gasteiger partial charge on any atom is 0.336 e. The summed E-state index contributed by atoms with van der Waals surface area (Å²) < 4.78 is 17.5. The van der Waals surface area contributed by atoms with E-state index in [1.165, 1.54) is 11.8 Å². The molecule has 41 heavy (non-hydrogen) atoms. The van der Waals surface area contributed by atoms with Crippen LogP contribution >= 0.6 is 11.8 Å². The SMILES string of the molecule is CCOC(=O)CNC(=O)Nc1cccc(C2OC(CSc3ccccc3C(=O)O)CC(c3ccc(CO)cc3)O2)c1. The van der Waals surface area contributed by atoms with E-state index in [1.54, 1.807) is 49.4 Å². The average Bonchev–Trinajstić information content (AvgIpc) is 2.99. The van der Waals surface area contributed by atoms with Crippen LogP contribution in [-0.4, -0.2) is 53.2 Å². The average molecular weight is 581 g/mol. The van der Waals surface area contributed by atoms with E-state index in [9.17, 15) is 24.6 Å². The van der Waals surface area contributed by atoms with Gasteiger partial charge in [0.1, 0.15) is 6.54 Å². The standard InChI is InChI=1S/C30H32N2O8S/c1-2-38-27(34)16-31-30(37)32-22-7-5-6-21(14-22)29-39-23(18-41-26-9-4-3-8-24(26)28(35)36)15-25(40-29)20-12-10-19(17-33)11-13-20/h3-14,23,25,29,33H,2,15-18H2,1H3,(H,35,36)(H2,31,32,37). The van der Waals surface area contributed by atoms with E-state index in [-0.39, 0.29) is 37.5 Å². The number of hydrogen-bond donors (Lipinski definition) is 4. The van der Waals surface area contributed by atoms with Crippen LogP contribution in [0.25, 0.3) is 0 Å². The molecule has 10 nitrogen and oxygen atoms in total. The number of esters is 1. The minimum atomic E-state index is -0.990. The lowest BCUT2D eigenvalue weighted by atomic mass is 10.0. The van der Waals surface area contributed by atoms with E-state index in [2.05, 4.69) is 10.6 Å². The third kappa shape index (κ3) is 8.54. The summed E-state index contributed by atoms with van der Waals surface area (Å²) in [6, 6.07) is 20.8. The van der Waals surface area contributed by atoms with Gasteiger partial charge in [-0.2, -0.15) is 0 Å². The second-order valence-corrected chi connectivity index (χ2v) is 10.3. The number of carboxylic acids is 1. The lowest BCUT2D eigenvalue weighted by Gasteiger charge is -2.36. The molecule has 4 rings (SSSR count). The van der Waals surface area contributed by atoms with Crippen molar-refractivity contribution >= 4 is 35.4 Å². The lowest BCUT2D eigenvalue weighted by molar-refractivity contribution is -0.245. The van der Waals surface area contributed by atoms with Crippen LogP contribution in [-0.2, 0) is 25.6 Å². The summed E-state index contributed by atoms with van der Waals surface area (Å²) in [5.74, 6) is -1.03. The van der Waals surface area contributed by atoms with Crippen LogP contribution in [0.5, 0.6) is 0 Å². The van der Waals surface area contributed by atoms with Gasteiger partial charge in [0, 0.05) is 28.3 Å². The van der Waals surface area contributed by atoms with Crippen LogP contribution in [0.2, 0.25) is 0 Å². The second-order valence-electron chi connectivity index (χ2n) is 9.20. The zero-order valence-electron chi connectivity index (χ0n) is 22.4. The van der Waals surface area contributed by atoms with Gasteiger partial charge in [-0.15, -0.1) is 11.8 Å². The first-order valence-corrected chi connectivity index (χ1v) is 14.1. The Morgan fingerprint density at radius 1 is 1.00 bits per heavy atom. The molecule has 1 aliphatic rings. The van der Waals surface area contributed by atoms with Gasteiger partial charge in [-0.05, 0) is 42.3 Å². The summed E-state index contributed by atoms with van der Waals surface area (Å²) in [5, 5.41) is 24.1. The molecule has 3 aromatic rings. The zero-order valence-corrected chi connectivity index (χ0v) is 23.3. The summed E-state index contributed by atoms with van der Waals surface area (Å²) in [6.45, 7) is 1.59. The van der Waals surface area contributed by atoms with Gasteiger partial charge in [-0.3, -0.25) is 4.79 Å². The number of thioether (sulfide) groups is 1. The Morgan fingerprint density at radius 3 is 2.51 bits per heavy atom. The number of rotatable bonds is 11. The molecule has 3 aromatic carbocycles. The molecule has 0 aromatic heterocycles. The Bertz CT molecular complexity index is 1350. The second kappa shape index (κ2) is 14.6. The molecular weight excluding hydrogens is 548 g/mol. The van der Waals surface area contributed by atoms with Crippen molar-refractivity contribution < 1.29 is 38.8 Å². The summed E-state index contributed by atoms with van der Waals surface area (Å²) in [6.07, 6.45) is -0.847. The van der Waals surface area contributed by atoms with E-state index in [4.69, 9.17) is 14.2 Å². The normalized spacial score (nSPS) is 18.3. The summed E-state index contributed by atoms with van der Waals surface area (Å²) in [5.41, 5.74) is 3.09. The Morgan fingerprint density at radius 2 is 1.78 bits per heavy atom. The highest BCUT2D eigenvalue weighted by atomic mass is 32.2. The summed E-state index contributed by atoms with van der Waals surface area (Å²) in [7, 11) is 0. The molecule has 0 saturated carbocycles. The van der Waals surface area contributed by atoms with Crippen LogP contribution in [0.15, 0.2) is 77.7 Å². The fourth-order valence-electron chi connectivity index (χ4n) is 4.28. The molecule has 1 heterocycles. The minimum Gasteiger partial charge on any atom is -0.478 e. The molecular formula is C30H32N2O8S. The molecule has 4 N–H and O–H groups in total. The highest BCUT2D eigenvalue weighted by Crippen LogP contribution is 2.40. The summed E-state index contributed by atoms with van der Waals surface area (Å²) >= 11 is 1.41. The third-order valence-electron chi connectivity index (χ3n) is 6.27. The number of carbonyl (C=O) groups excluding carboxylic acids is 2. The van der Waals surface area contributed by atoms with Gasteiger partial charge < -0.3 is 35.1 Å². The van der Waals surface area contributed by atoms with Crippen molar-refractivity contribution in [3.63, 3.8) is 0 Å². The molecule has 3 atom stereocenters.